The van der Waals surface area contributed by atoms with Crippen LogP contribution in [0.2, 0.25) is 0 Å². The standard InChI is InChI=1S/C15H18BrClINO/c1-10-3-2-6-15(8-10,9-17)19-14(20)12-7-11(16)4-5-13(12)18/h4-5,7,10H,2-3,6,8-9H2,1H3,(H,19,20). The first-order valence-electron chi connectivity index (χ1n) is 6.79. The molecule has 2 rings (SSSR count). The van der Waals surface area contributed by atoms with Gasteiger partial charge in [0.2, 0.25) is 0 Å². The van der Waals surface area contributed by atoms with E-state index in [0.717, 1.165) is 27.3 Å². The van der Waals surface area contributed by atoms with E-state index in [9.17, 15) is 4.79 Å². The van der Waals surface area contributed by atoms with Crippen LogP contribution in [-0.4, -0.2) is 17.3 Å². The molecule has 0 spiro atoms. The smallest absolute Gasteiger partial charge is 0.252 e. The summed E-state index contributed by atoms with van der Waals surface area (Å²) in [5, 5.41) is 3.20. The fraction of sp³-hybridized carbons (Fsp3) is 0.533. The topological polar surface area (TPSA) is 29.1 Å². The van der Waals surface area contributed by atoms with Gasteiger partial charge in [-0.15, -0.1) is 11.6 Å². The largest absolute Gasteiger partial charge is 0.345 e. The minimum absolute atomic E-state index is 0.0227. The van der Waals surface area contributed by atoms with Crippen LogP contribution in [0.1, 0.15) is 43.0 Å². The number of alkyl halides is 1. The molecular weight excluding hydrogens is 452 g/mol. The number of halogens is 3. The summed E-state index contributed by atoms with van der Waals surface area (Å²) in [6.45, 7) is 2.23. The third kappa shape index (κ3) is 3.89. The third-order valence-electron chi connectivity index (χ3n) is 3.90. The number of rotatable bonds is 3. The first-order chi connectivity index (χ1) is 9.46. The van der Waals surface area contributed by atoms with Gasteiger partial charge in [0.05, 0.1) is 11.1 Å². The van der Waals surface area contributed by atoms with Crippen LogP contribution < -0.4 is 5.32 Å². The molecule has 1 amide bonds. The second-order valence-corrected chi connectivity index (χ2v) is 8.04. The highest BCUT2D eigenvalue weighted by Gasteiger charge is 2.36. The SMILES string of the molecule is CC1CCCC(CCl)(NC(=O)c2cc(Br)ccc2I)C1. The van der Waals surface area contributed by atoms with Crippen molar-refractivity contribution in [3.63, 3.8) is 0 Å². The van der Waals surface area contributed by atoms with E-state index in [1.54, 1.807) is 0 Å². The van der Waals surface area contributed by atoms with Gasteiger partial charge in [-0.05, 0) is 59.5 Å². The number of hydrogen-bond acceptors (Lipinski definition) is 1. The van der Waals surface area contributed by atoms with Crippen molar-refractivity contribution in [2.45, 2.75) is 38.1 Å². The zero-order chi connectivity index (χ0) is 14.8. The van der Waals surface area contributed by atoms with Crippen LogP contribution in [0.4, 0.5) is 0 Å². The van der Waals surface area contributed by atoms with Gasteiger partial charge in [-0.25, -0.2) is 0 Å². The molecule has 0 radical (unpaired) electrons. The van der Waals surface area contributed by atoms with Crippen LogP contribution in [0, 0.1) is 9.49 Å². The molecule has 1 aliphatic carbocycles. The quantitative estimate of drug-likeness (QED) is 0.491. The number of hydrogen-bond donors (Lipinski definition) is 1. The number of carbonyl (C=O) groups excluding carboxylic acids is 1. The number of amides is 1. The molecule has 1 aromatic carbocycles. The Labute approximate surface area is 147 Å². The van der Waals surface area contributed by atoms with Gasteiger partial charge in [0, 0.05) is 13.9 Å². The molecule has 1 aliphatic rings. The Morgan fingerprint density at radius 1 is 1.60 bits per heavy atom. The van der Waals surface area contributed by atoms with E-state index in [0.29, 0.717) is 17.4 Å². The van der Waals surface area contributed by atoms with Crippen molar-refractivity contribution in [1.82, 2.24) is 5.32 Å². The fourth-order valence-electron chi connectivity index (χ4n) is 2.91. The van der Waals surface area contributed by atoms with Gasteiger partial charge >= 0.3 is 0 Å². The first-order valence-corrected chi connectivity index (χ1v) is 9.20. The maximum Gasteiger partial charge on any atom is 0.252 e. The Morgan fingerprint density at radius 3 is 3.00 bits per heavy atom. The van der Waals surface area contributed by atoms with E-state index in [2.05, 4.69) is 50.8 Å². The van der Waals surface area contributed by atoms with Crippen molar-refractivity contribution < 1.29 is 4.79 Å². The van der Waals surface area contributed by atoms with E-state index in [1.165, 1.54) is 6.42 Å². The monoisotopic (exact) mass is 469 g/mol. The van der Waals surface area contributed by atoms with Crippen molar-refractivity contribution in [2.24, 2.45) is 5.92 Å². The minimum Gasteiger partial charge on any atom is -0.345 e. The summed E-state index contributed by atoms with van der Waals surface area (Å²) >= 11 is 11.8. The van der Waals surface area contributed by atoms with Crippen LogP contribution >= 0.6 is 50.1 Å². The van der Waals surface area contributed by atoms with Gasteiger partial charge in [0.25, 0.3) is 5.91 Å². The molecule has 20 heavy (non-hydrogen) atoms. The molecular formula is C15H18BrClINO. The summed E-state index contributed by atoms with van der Waals surface area (Å²) < 4.78 is 1.87. The maximum absolute atomic E-state index is 12.6. The van der Waals surface area contributed by atoms with Gasteiger partial charge in [-0.1, -0.05) is 35.7 Å². The summed E-state index contributed by atoms with van der Waals surface area (Å²) in [5.41, 5.74) is 0.463. The average Bonchev–Trinajstić information content (AvgIpc) is 2.41. The van der Waals surface area contributed by atoms with Gasteiger partial charge in [0.15, 0.2) is 0 Å². The highest BCUT2D eigenvalue weighted by atomic mass is 127. The highest BCUT2D eigenvalue weighted by molar-refractivity contribution is 14.1. The van der Waals surface area contributed by atoms with Crippen molar-refractivity contribution in [1.29, 1.82) is 0 Å². The Balaban J connectivity index is 2.19. The van der Waals surface area contributed by atoms with E-state index >= 15 is 0 Å². The molecule has 1 N–H and O–H groups in total. The second-order valence-electron chi connectivity index (χ2n) is 5.69. The molecule has 2 unspecified atom stereocenters. The number of benzene rings is 1. The van der Waals surface area contributed by atoms with Crippen LogP contribution in [0.3, 0.4) is 0 Å². The Morgan fingerprint density at radius 2 is 2.35 bits per heavy atom. The van der Waals surface area contributed by atoms with Gasteiger partial charge in [0.1, 0.15) is 0 Å². The molecule has 0 bridgehead atoms. The van der Waals surface area contributed by atoms with E-state index in [-0.39, 0.29) is 11.4 Å². The maximum atomic E-state index is 12.6. The lowest BCUT2D eigenvalue weighted by Gasteiger charge is -2.39. The molecule has 0 aliphatic heterocycles. The summed E-state index contributed by atoms with van der Waals surface area (Å²) in [6, 6.07) is 5.75. The summed E-state index contributed by atoms with van der Waals surface area (Å²) in [4.78, 5) is 12.6. The third-order valence-corrected chi connectivity index (χ3v) is 5.84. The van der Waals surface area contributed by atoms with Gasteiger partial charge < -0.3 is 5.32 Å². The summed E-state index contributed by atoms with van der Waals surface area (Å²) in [7, 11) is 0. The molecule has 2 nitrogen and oxygen atoms in total. The fourth-order valence-corrected chi connectivity index (χ4v) is 4.16. The second kappa shape index (κ2) is 6.97. The Bertz CT molecular complexity index is 511. The predicted octanol–water partition coefficient (Wildman–Crippen LogP) is 4.97. The average molecular weight is 471 g/mol. The summed E-state index contributed by atoms with van der Waals surface area (Å²) in [5.74, 6) is 1.07. The molecule has 0 aromatic heterocycles. The zero-order valence-electron chi connectivity index (χ0n) is 11.4. The lowest BCUT2D eigenvalue weighted by atomic mass is 9.77. The molecule has 5 heteroatoms. The van der Waals surface area contributed by atoms with E-state index in [4.69, 9.17) is 11.6 Å². The van der Waals surface area contributed by atoms with Crippen molar-refractivity contribution >= 4 is 56.0 Å². The lowest BCUT2D eigenvalue weighted by Crippen LogP contribution is -2.52. The van der Waals surface area contributed by atoms with Gasteiger partial charge in [-0.2, -0.15) is 0 Å². The van der Waals surface area contributed by atoms with Gasteiger partial charge in [-0.3, -0.25) is 4.79 Å². The zero-order valence-corrected chi connectivity index (χ0v) is 15.9. The van der Waals surface area contributed by atoms with E-state index in [1.807, 2.05) is 18.2 Å². The highest BCUT2D eigenvalue weighted by Crippen LogP contribution is 2.33. The molecule has 1 aromatic rings. The number of carbonyl (C=O) groups is 1. The molecule has 2 atom stereocenters. The van der Waals surface area contributed by atoms with Crippen LogP contribution in [0.5, 0.6) is 0 Å². The van der Waals surface area contributed by atoms with Crippen molar-refractivity contribution in [3.8, 4) is 0 Å². The molecule has 110 valence electrons. The van der Waals surface area contributed by atoms with Crippen molar-refractivity contribution in [3.05, 3.63) is 31.8 Å². The molecule has 0 saturated heterocycles. The lowest BCUT2D eigenvalue weighted by molar-refractivity contribution is 0.0866. The van der Waals surface area contributed by atoms with E-state index < -0.39 is 0 Å². The minimum atomic E-state index is -0.248. The Hall–Kier alpha value is 0.190. The normalized spacial score (nSPS) is 26.3. The van der Waals surface area contributed by atoms with Crippen LogP contribution in [0.15, 0.2) is 22.7 Å². The molecule has 1 fully saturated rings. The predicted molar refractivity (Wildman–Crippen MR) is 95.4 cm³/mol. The first kappa shape index (κ1) is 16.6. The van der Waals surface area contributed by atoms with Crippen LogP contribution in [-0.2, 0) is 0 Å². The summed E-state index contributed by atoms with van der Waals surface area (Å²) in [6.07, 6.45) is 4.29. The Kier molecular flexibility index (Phi) is 5.77. The number of nitrogens with one attached hydrogen (secondary N) is 1. The van der Waals surface area contributed by atoms with Crippen molar-refractivity contribution in [2.75, 3.05) is 5.88 Å². The molecule has 0 heterocycles. The molecule has 1 saturated carbocycles. The van der Waals surface area contributed by atoms with Crippen LogP contribution in [0.25, 0.3) is 0 Å².